The van der Waals surface area contributed by atoms with E-state index < -0.39 is 0 Å². The second-order valence-corrected chi connectivity index (χ2v) is 5.97. The highest BCUT2D eigenvalue weighted by atomic mass is 32.2. The van der Waals surface area contributed by atoms with Gasteiger partial charge in [0.05, 0.1) is 11.4 Å². The molecule has 0 heterocycles. The number of rotatable bonds is 8. The van der Waals surface area contributed by atoms with Gasteiger partial charge in [0.2, 0.25) is 0 Å². The largest absolute Gasteiger partial charge is 0.397 e. The topological polar surface area (TPSA) is 58.4 Å². The lowest BCUT2D eigenvalue weighted by atomic mass is 10.1. The highest BCUT2D eigenvalue weighted by Gasteiger charge is 2.09. The van der Waals surface area contributed by atoms with Crippen molar-refractivity contribution in [3.05, 3.63) is 23.8 Å². The van der Waals surface area contributed by atoms with Gasteiger partial charge in [0.1, 0.15) is 0 Å². The monoisotopic (exact) mass is 295 g/mol. The number of benzene rings is 1. The van der Waals surface area contributed by atoms with Crippen LogP contribution in [0.1, 0.15) is 29.6 Å². The Balaban J connectivity index is 2.46. The molecule has 0 spiro atoms. The molecule has 0 bridgehead atoms. The Labute approximate surface area is 126 Å². The maximum atomic E-state index is 11.8. The van der Waals surface area contributed by atoms with Crippen molar-refractivity contribution in [2.75, 3.05) is 43.7 Å². The fraction of sp³-hybridized carbons (Fsp3) is 0.533. The number of hydrogen-bond acceptors (Lipinski definition) is 4. The predicted molar refractivity (Wildman–Crippen MR) is 89.6 cm³/mol. The number of nitrogen functional groups attached to an aromatic ring is 1. The molecule has 0 unspecified atom stereocenters. The first-order chi connectivity index (χ1) is 9.56. The maximum Gasteiger partial charge on any atom is 0.253 e. The molecule has 3 N–H and O–H groups in total. The molecule has 20 heavy (non-hydrogen) atoms. The van der Waals surface area contributed by atoms with Crippen molar-refractivity contribution >= 4 is 29.0 Å². The highest BCUT2D eigenvalue weighted by molar-refractivity contribution is 7.98. The first-order valence-corrected chi connectivity index (χ1v) is 8.29. The van der Waals surface area contributed by atoms with Crippen molar-refractivity contribution < 1.29 is 4.79 Å². The van der Waals surface area contributed by atoms with E-state index in [-0.39, 0.29) is 5.91 Å². The van der Waals surface area contributed by atoms with Crippen LogP contribution in [0, 0.1) is 0 Å². The molecule has 0 radical (unpaired) electrons. The van der Waals surface area contributed by atoms with E-state index in [9.17, 15) is 4.79 Å². The van der Waals surface area contributed by atoms with Crippen LogP contribution in [0.4, 0.5) is 11.4 Å². The quantitative estimate of drug-likeness (QED) is 0.572. The van der Waals surface area contributed by atoms with Gasteiger partial charge in [-0.2, -0.15) is 11.8 Å². The number of nitrogens with two attached hydrogens (primary N) is 1. The van der Waals surface area contributed by atoms with Crippen LogP contribution in [0.5, 0.6) is 0 Å². The molecule has 0 aliphatic carbocycles. The first-order valence-electron chi connectivity index (χ1n) is 6.90. The van der Waals surface area contributed by atoms with Gasteiger partial charge in [0.25, 0.3) is 5.91 Å². The molecule has 0 fully saturated rings. The number of amides is 1. The van der Waals surface area contributed by atoms with Gasteiger partial charge in [-0.3, -0.25) is 4.79 Å². The summed E-state index contributed by atoms with van der Waals surface area (Å²) in [6.45, 7) is 0.916. The van der Waals surface area contributed by atoms with Gasteiger partial charge in [-0.25, -0.2) is 0 Å². The van der Waals surface area contributed by atoms with E-state index in [0.717, 1.165) is 18.7 Å². The van der Waals surface area contributed by atoms with Crippen LogP contribution in [-0.4, -0.2) is 43.5 Å². The molecule has 5 heteroatoms. The molecular weight excluding hydrogens is 270 g/mol. The number of nitrogens with one attached hydrogen (secondary N) is 1. The SMILES string of the molecule is CSCCCCCNc1ccc(C(=O)N(C)C)cc1N. The van der Waals surface area contributed by atoms with Crippen molar-refractivity contribution in [2.45, 2.75) is 19.3 Å². The molecular formula is C15H25N3OS. The van der Waals surface area contributed by atoms with E-state index in [4.69, 9.17) is 5.73 Å². The predicted octanol–water partition coefficient (Wildman–Crippen LogP) is 2.92. The number of carbonyl (C=O) groups excluding carboxylic acids is 1. The lowest BCUT2D eigenvalue weighted by Crippen LogP contribution is -2.21. The molecule has 0 aromatic heterocycles. The van der Waals surface area contributed by atoms with E-state index in [1.54, 1.807) is 25.1 Å². The minimum atomic E-state index is -0.0275. The molecule has 4 nitrogen and oxygen atoms in total. The van der Waals surface area contributed by atoms with Gasteiger partial charge >= 0.3 is 0 Å². The molecule has 0 aliphatic heterocycles. The van der Waals surface area contributed by atoms with E-state index in [1.807, 2.05) is 23.9 Å². The van der Waals surface area contributed by atoms with E-state index >= 15 is 0 Å². The molecule has 1 aromatic carbocycles. The zero-order valence-corrected chi connectivity index (χ0v) is 13.4. The Kier molecular flexibility index (Phi) is 7.30. The third kappa shape index (κ3) is 5.33. The van der Waals surface area contributed by atoms with Gasteiger partial charge in [-0.05, 0) is 43.0 Å². The number of carbonyl (C=O) groups is 1. The zero-order chi connectivity index (χ0) is 15.0. The van der Waals surface area contributed by atoms with Crippen molar-refractivity contribution in [2.24, 2.45) is 0 Å². The smallest absolute Gasteiger partial charge is 0.253 e. The van der Waals surface area contributed by atoms with Crippen LogP contribution in [0.25, 0.3) is 0 Å². The molecule has 1 aromatic rings. The molecule has 0 atom stereocenters. The second kappa shape index (κ2) is 8.74. The van der Waals surface area contributed by atoms with Gasteiger partial charge in [-0.15, -0.1) is 0 Å². The van der Waals surface area contributed by atoms with Crippen LogP contribution >= 0.6 is 11.8 Å². The van der Waals surface area contributed by atoms with Gasteiger partial charge in [-0.1, -0.05) is 6.42 Å². The first kappa shape index (κ1) is 16.7. The van der Waals surface area contributed by atoms with Crippen LogP contribution in [0.2, 0.25) is 0 Å². The van der Waals surface area contributed by atoms with Crippen LogP contribution in [-0.2, 0) is 0 Å². The third-order valence-electron chi connectivity index (χ3n) is 3.05. The average molecular weight is 295 g/mol. The molecule has 0 saturated carbocycles. The van der Waals surface area contributed by atoms with Crippen molar-refractivity contribution in [1.29, 1.82) is 0 Å². The van der Waals surface area contributed by atoms with Crippen molar-refractivity contribution in [1.82, 2.24) is 4.90 Å². The fourth-order valence-corrected chi connectivity index (χ4v) is 2.38. The van der Waals surface area contributed by atoms with E-state index in [2.05, 4.69) is 11.6 Å². The Bertz CT molecular complexity index is 435. The summed E-state index contributed by atoms with van der Waals surface area (Å²) in [5.74, 6) is 1.20. The Morgan fingerprint density at radius 2 is 2.05 bits per heavy atom. The summed E-state index contributed by atoms with van der Waals surface area (Å²) in [5, 5.41) is 3.33. The summed E-state index contributed by atoms with van der Waals surface area (Å²) in [7, 11) is 3.47. The zero-order valence-electron chi connectivity index (χ0n) is 12.6. The fourth-order valence-electron chi connectivity index (χ4n) is 1.89. The lowest BCUT2D eigenvalue weighted by Gasteiger charge is -2.13. The number of unbranched alkanes of at least 4 members (excludes halogenated alkanes) is 2. The highest BCUT2D eigenvalue weighted by Crippen LogP contribution is 2.20. The Hall–Kier alpha value is -1.36. The summed E-state index contributed by atoms with van der Waals surface area (Å²) in [5.41, 5.74) is 8.14. The second-order valence-electron chi connectivity index (χ2n) is 4.98. The standard InChI is InChI=1S/C15H25N3OS/c1-18(2)15(19)12-7-8-14(13(16)11-12)17-9-5-4-6-10-20-3/h7-8,11,17H,4-6,9-10,16H2,1-3H3. The third-order valence-corrected chi connectivity index (χ3v) is 3.74. The number of anilines is 2. The summed E-state index contributed by atoms with van der Waals surface area (Å²) in [6.07, 6.45) is 5.76. The number of thioether (sulfide) groups is 1. The lowest BCUT2D eigenvalue weighted by molar-refractivity contribution is 0.0827. The molecule has 1 rings (SSSR count). The van der Waals surface area contributed by atoms with Gasteiger partial charge < -0.3 is 16.0 Å². The molecule has 1 amide bonds. The summed E-state index contributed by atoms with van der Waals surface area (Å²) >= 11 is 1.89. The van der Waals surface area contributed by atoms with Crippen LogP contribution in [0.15, 0.2) is 18.2 Å². The number of nitrogens with zero attached hydrogens (tertiary/aromatic N) is 1. The Morgan fingerprint density at radius 3 is 2.65 bits per heavy atom. The van der Waals surface area contributed by atoms with E-state index in [0.29, 0.717) is 11.3 Å². The summed E-state index contributed by atoms with van der Waals surface area (Å²) in [6, 6.07) is 5.43. The minimum Gasteiger partial charge on any atom is -0.397 e. The normalized spacial score (nSPS) is 10.3. The average Bonchev–Trinajstić information content (AvgIpc) is 2.43. The van der Waals surface area contributed by atoms with Crippen molar-refractivity contribution in [3.8, 4) is 0 Å². The number of hydrogen-bond donors (Lipinski definition) is 2. The summed E-state index contributed by atoms with van der Waals surface area (Å²) < 4.78 is 0. The molecule has 112 valence electrons. The summed E-state index contributed by atoms with van der Waals surface area (Å²) in [4.78, 5) is 13.4. The maximum absolute atomic E-state index is 11.8. The minimum absolute atomic E-state index is 0.0275. The van der Waals surface area contributed by atoms with E-state index in [1.165, 1.54) is 18.6 Å². The van der Waals surface area contributed by atoms with Crippen LogP contribution < -0.4 is 11.1 Å². The van der Waals surface area contributed by atoms with Crippen molar-refractivity contribution in [3.63, 3.8) is 0 Å². The van der Waals surface area contributed by atoms with Gasteiger partial charge in [0.15, 0.2) is 0 Å². The van der Waals surface area contributed by atoms with Crippen LogP contribution in [0.3, 0.4) is 0 Å². The Morgan fingerprint density at radius 1 is 1.30 bits per heavy atom. The molecule has 0 aliphatic rings. The van der Waals surface area contributed by atoms with Gasteiger partial charge in [0, 0.05) is 26.2 Å². The molecule has 0 saturated heterocycles.